The Kier molecular flexibility index (Phi) is 4.31. The first-order valence-corrected chi connectivity index (χ1v) is 8.58. The maximum atomic E-state index is 11.3. The maximum Gasteiger partial charge on any atom is 0.211 e. The number of sulfonamides is 1. The molecular weight excluding hydrogens is 252 g/mol. The van der Waals surface area contributed by atoms with Crippen LogP contribution in [-0.2, 0) is 10.0 Å². The molecule has 2 heterocycles. The molecule has 2 aliphatic heterocycles. The molecule has 0 aromatic heterocycles. The van der Waals surface area contributed by atoms with E-state index in [1.165, 1.54) is 49.7 Å². The van der Waals surface area contributed by atoms with Crippen LogP contribution in [0.3, 0.4) is 0 Å². The number of aliphatic hydroxyl groups is 1. The summed E-state index contributed by atoms with van der Waals surface area (Å²) >= 11 is 0. The molecule has 2 fully saturated rings. The summed E-state index contributed by atoms with van der Waals surface area (Å²) in [5.74, 6) is 0. The van der Waals surface area contributed by atoms with Crippen LogP contribution in [-0.4, -0.2) is 67.3 Å². The summed E-state index contributed by atoms with van der Waals surface area (Å²) in [6.45, 7) is 0.796. The molecule has 0 aromatic carbocycles. The molecule has 0 saturated carbocycles. The molecule has 2 aliphatic rings. The number of fused-ring (bicyclic) bond motifs is 2. The van der Waals surface area contributed by atoms with Gasteiger partial charge in [0.25, 0.3) is 0 Å². The summed E-state index contributed by atoms with van der Waals surface area (Å²) in [6, 6.07) is 1.23. The van der Waals surface area contributed by atoms with Crippen LogP contribution in [0.4, 0.5) is 0 Å². The van der Waals surface area contributed by atoms with Gasteiger partial charge in [0.1, 0.15) is 0 Å². The summed E-state index contributed by atoms with van der Waals surface area (Å²) in [5.41, 5.74) is 0. The van der Waals surface area contributed by atoms with Crippen LogP contribution >= 0.6 is 0 Å². The summed E-state index contributed by atoms with van der Waals surface area (Å²) in [6.07, 6.45) is 6.80. The highest BCUT2D eigenvalue weighted by Crippen LogP contribution is 2.35. The summed E-state index contributed by atoms with van der Waals surface area (Å²) in [5, 5.41) is 10.1. The Morgan fingerprint density at radius 3 is 2.33 bits per heavy atom. The Balaban J connectivity index is 1.86. The molecule has 1 unspecified atom stereocenters. The van der Waals surface area contributed by atoms with E-state index in [0.717, 1.165) is 0 Å². The molecule has 3 atom stereocenters. The van der Waals surface area contributed by atoms with Gasteiger partial charge in [0.15, 0.2) is 0 Å². The lowest BCUT2D eigenvalue weighted by atomic mass is 10.0. The average Bonchev–Trinajstić information content (AvgIpc) is 2.49. The van der Waals surface area contributed by atoms with E-state index >= 15 is 0 Å². The zero-order valence-electron chi connectivity index (χ0n) is 11.2. The summed E-state index contributed by atoms with van der Waals surface area (Å²) < 4.78 is 23.8. The van der Waals surface area contributed by atoms with Crippen molar-refractivity contribution < 1.29 is 13.5 Å². The quantitative estimate of drug-likeness (QED) is 0.782. The van der Waals surface area contributed by atoms with Crippen LogP contribution in [0.5, 0.6) is 0 Å². The molecule has 0 amide bonds. The molecule has 5 nitrogen and oxygen atoms in total. The van der Waals surface area contributed by atoms with Gasteiger partial charge in [0.05, 0.1) is 12.4 Å². The number of hydrogen-bond acceptors (Lipinski definition) is 4. The Labute approximate surface area is 110 Å². The van der Waals surface area contributed by atoms with Crippen LogP contribution in [0.25, 0.3) is 0 Å². The Hall–Kier alpha value is -0.170. The van der Waals surface area contributed by atoms with Gasteiger partial charge in [-0.3, -0.25) is 4.90 Å². The average molecular weight is 276 g/mol. The number of aliphatic hydroxyl groups excluding tert-OH is 1. The summed E-state index contributed by atoms with van der Waals surface area (Å²) in [7, 11) is -1.68. The predicted molar refractivity (Wildman–Crippen MR) is 70.8 cm³/mol. The first-order valence-electron chi connectivity index (χ1n) is 6.73. The molecule has 0 aliphatic carbocycles. The van der Waals surface area contributed by atoms with Crippen molar-refractivity contribution in [3.63, 3.8) is 0 Å². The third kappa shape index (κ3) is 3.23. The Morgan fingerprint density at radius 1 is 1.28 bits per heavy atom. The highest BCUT2D eigenvalue weighted by atomic mass is 32.2. The van der Waals surface area contributed by atoms with Crippen molar-refractivity contribution >= 4 is 10.0 Å². The maximum absolute atomic E-state index is 11.3. The van der Waals surface area contributed by atoms with Crippen LogP contribution in [0, 0.1) is 0 Å². The van der Waals surface area contributed by atoms with Gasteiger partial charge in [-0.1, -0.05) is 6.42 Å². The van der Waals surface area contributed by atoms with Gasteiger partial charge in [0.2, 0.25) is 10.0 Å². The fourth-order valence-electron chi connectivity index (χ4n) is 3.26. The molecule has 0 spiro atoms. The standard InChI is InChI=1S/C12H24N2O3S/c1-13(18(2,16)17)8-12(15)9-14-10-4-3-5-11(14)7-6-10/h10-12,15H,3-9H2,1-2H3/t10-,11+,12?. The zero-order chi connectivity index (χ0) is 13.3. The largest absolute Gasteiger partial charge is 0.390 e. The van der Waals surface area contributed by atoms with Crippen LogP contribution in [0.2, 0.25) is 0 Å². The lowest BCUT2D eigenvalue weighted by molar-refractivity contribution is 0.0551. The third-order valence-corrected chi connectivity index (χ3v) is 5.58. The van der Waals surface area contributed by atoms with Crippen LogP contribution in [0.1, 0.15) is 32.1 Å². The minimum atomic E-state index is -3.20. The van der Waals surface area contributed by atoms with Crippen LogP contribution < -0.4 is 0 Å². The van der Waals surface area contributed by atoms with Crippen molar-refractivity contribution in [3.8, 4) is 0 Å². The lowest BCUT2D eigenvalue weighted by Gasteiger charge is -2.36. The normalized spacial score (nSPS) is 30.9. The number of piperidine rings is 1. The van der Waals surface area contributed by atoms with Gasteiger partial charge in [-0.25, -0.2) is 12.7 Å². The fraction of sp³-hybridized carbons (Fsp3) is 1.00. The minimum absolute atomic E-state index is 0.189. The molecule has 1 N–H and O–H groups in total. The van der Waals surface area contributed by atoms with E-state index in [4.69, 9.17) is 0 Å². The topological polar surface area (TPSA) is 60.9 Å². The molecule has 2 bridgehead atoms. The van der Waals surface area contributed by atoms with E-state index in [2.05, 4.69) is 4.90 Å². The zero-order valence-corrected chi connectivity index (χ0v) is 12.1. The number of nitrogens with zero attached hydrogens (tertiary/aromatic N) is 2. The van der Waals surface area contributed by atoms with Crippen molar-refractivity contribution in [2.75, 3.05) is 26.4 Å². The van der Waals surface area contributed by atoms with Gasteiger partial charge in [-0.2, -0.15) is 0 Å². The molecule has 6 heteroatoms. The van der Waals surface area contributed by atoms with Crippen molar-refractivity contribution in [2.45, 2.75) is 50.3 Å². The highest BCUT2D eigenvalue weighted by Gasteiger charge is 2.37. The SMILES string of the molecule is CN(CC(O)CN1[C@@H]2CCC[C@H]1CC2)S(C)(=O)=O. The smallest absolute Gasteiger partial charge is 0.211 e. The molecular formula is C12H24N2O3S. The molecule has 0 aromatic rings. The fourth-order valence-corrected chi connectivity index (χ4v) is 3.70. The highest BCUT2D eigenvalue weighted by molar-refractivity contribution is 7.88. The van der Waals surface area contributed by atoms with E-state index in [-0.39, 0.29) is 6.54 Å². The Bertz CT molecular complexity index is 369. The number of hydrogen-bond donors (Lipinski definition) is 1. The van der Waals surface area contributed by atoms with E-state index in [1.54, 1.807) is 0 Å². The van der Waals surface area contributed by atoms with Gasteiger partial charge in [-0.05, 0) is 25.7 Å². The molecule has 2 saturated heterocycles. The number of rotatable bonds is 5. The molecule has 106 valence electrons. The van der Waals surface area contributed by atoms with Gasteiger partial charge in [-0.15, -0.1) is 0 Å². The molecule has 2 rings (SSSR count). The monoisotopic (exact) mass is 276 g/mol. The van der Waals surface area contributed by atoms with E-state index in [1.807, 2.05) is 0 Å². The van der Waals surface area contributed by atoms with Crippen molar-refractivity contribution in [3.05, 3.63) is 0 Å². The van der Waals surface area contributed by atoms with Crippen molar-refractivity contribution in [1.29, 1.82) is 0 Å². The van der Waals surface area contributed by atoms with Gasteiger partial charge < -0.3 is 5.11 Å². The van der Waals surface area contributed by atoms with E-state index in [0.29, 0.717) is 18.6 Å². The van der Waals surface area contributed by atoms with Gasteiger partial charge >= 0.3 is 0 Å². The second-order valence-corrected chi connectivity index (χ2v) is 7.80. The number of likely N-dealkylation sites (N-methyl/N-ethyl adjacent to an activating group) is 1. The second-order valence-electron chi connectivity index (χ2n) is 5.71. The first-order chi connectivity index (χ1) is 8.38. The first kappa shape index (κ1) is 14.2. The van der Waals surface area contributed by atoms with Crippen molar-refractivity contribution in [2.24, 2.45) is 0 Å². The van der Waals surface area contributed by atoms with Crippen LogP contribution in [0.15, 0.2) is 0 Å². The minimum Gasteiger partial charge on any atom is -0.390 e. The van der Waals surface area contributed by atoms with E-state index in [9.17, 15) is 13.5 Å². The molecule has 0 radical (unpaired) electrons. The van der Waals surface area contributed by atoms with E-state index < -0.39 is 16.1 Å². The third-order valence-electron chi connectivity index (χ3n) is 4.30. The summed E-state index contributed by atoms with van der Waals surface area (Å²) in [4.78, 5) is 2.39. The predicted octanol–water partition coefficient (Wildman–Crippen LogP) is 0.256. The molecule has 18 heavy (non-hydrogen) atoms. The Morgan fingerprint density at radius 2 is 1.83 bits per heavy atom. The lowest BCUT2D eigenvalue weighted by Crippen LogP contribution is -2.47. The van der Waals surface area contributed by atoms with Gasteiger partial charge in [0, 0.05) is 32.2 Å². The van der Waals surface area contributed by atoms with Crippen molar-refractivity contribution in [1.82, 2.24) is 9.21 Å². The second kappa shape index (κ2) is 5.45.